The molecule has 0 amide bonds. The zero-order valence-corrected chi connectivity index (χ0v) is 10.2. The summed E-state index contributed by atoms with van der Waals surface area (Å²) in [6.07, 6.45) is -0.509. The summed E-state index contributed by atoms with van der Waals surface area (Å²) in [5.74, 6) is 0. The van der Waals surface area contributed by atoms with E-state index in [1.54, 1.807) is 18.7 Å². The Hall–Kier alpha value is -0.180. The largest absolute Gasteiger partial charge is 0.389 e. The summed E-state index contributed by atoms with van der Waals surface area (Å²) < 4.78 is 0. The Labute approximate surface area is 94.5 Å². The molecular weight excluding hydrogens is 216 g/mol. The van der Waals surface area contributed by atoms with Gasteiger partial charge in [0.2, 0.25) is 0 Å². The van der Waals surface area contributed by atoms with Crippen molar-refractivity contribution in [1.29, 1.82) is 0 Å². The van der Waals surface area contributed by atoms with Crippen LogP contribution in [0.1, 0.15) is 32.4 Å². The fourth-order valence-corrected chi connectivity index (χ4v) is 2.74. The lowest BCUT2D eigenvalue weighted by Crippen LogP contribution is -1.97. The monoisotopic (exact) mass is 230 g/mol. The molecule has 1 aromatic rings. The Morgan fingerprint density at radius 3 is 2.43 bits per heavy atom. The summed E-state index contributed by atoms with van der Waals surface area (Å²) in [7, 11) is 0. The molecule has 1 atom stereocenters. The molecule has 3 heteroatoms. The molecule has 1 nitrogen and oxygen atoms in total. The van der Waals surface area contributed by atoms with Gasteiger partial charge in [0.1, 0.15) is 0 Å². The minimum absolute atomic E-state index is 0.492. The molecule has 0 aliphatic heterocycles. The van der Waals surface area contributed by atoms with Crippen LogP contribution in [0.4, 0.5) is 0 Å². The van der Waals surface area contributed by atoms with E-state index in [0.717, 1.165) is 10.5 Å². The first-order valence-electron chi connectivity index (χ1n) is 4.65. The molecule has 1 rings (SSSR count). The SMILES string of the molecule is CC(C)Sc1cccc(Cl)c1[C@H](C)O. The second-order valence-electron chi connectivity index (χ2n) is 3.49. The molecule has 0 aromatic heterocycles. The lowest BCUT2D eigenvalue weighted by molar-refractivity contribution is 0.196. The Morgan fingerprint density at radius 1 is 1.29 bits per heavy atom. The van der Waals surface area contributed by atoms with E-state index in [0.29, 0.717) is 10.3 Å². The van der Waals surface area contributed by atoms with Gasteiger partial charge in [0.15, 0.2) is 0 Å². The van der Waals surface area contributed by atoms with Crippen LogP contribution in [0, 0.1) is 0 Å². The highest BCUT2D eigenvalue weighted by molar-refractivity contribution is 8.00. The highest BCUT2D eigenvalue weighted by Gasteiger charge is 2.13. The number of thioether (sulfide) groups is 1. The van der Waals surface area contributed by atoms with E-state index in [4.69, 9.17) is 11.6 Å². The van der Waals surface area contributed by atoms with Crippen molar-refractivity contribution in [1.82, 2.24) is 0 Å². The zero-order valence-electron chi connectivity index (χ0n) is 8.62. The Balaban J connectivity index is 3.08. The molecule has 1 aromatic carbocycles. The van der Waals surface area contributed by atoms with Crippen molar-refractivity contribution in [2.75, 3.05) is 0 Å². The number of hydrogen-bond donors (Lipinski definition) is 1. The number of aliphatic hydroxyl groups excluding tert-OH is 1. The molecule has 1 N–H and O–H groups in total. The quantitative estimate of drug-likeness (QED) is 0.795. The van der Waals surface area contributed by atoms with Gasteiger partial charge >= 0.3 is 0 Å². The number of rotatable bonds is 3. The van der Waals surface area contributed by atoms with Crippen molar-refractivity contribution in [2.24, 2.45) is 0 Å². The molecule has 0 saturated heterocycles. The number of aliphatic hydroxyl groups is 1. The Morgan fingerprint density at radius 2 is 1.93 bits per heavy atom. The van der Waals surface area contributed by atoms with Crippen LogP contribution in [-0.2, 0) is 0 Å². The summed E-state index contributed by atoms with van der Waals surface area (Å²) in [6, 6.07) is 5.73. The van der Waals surface area contributed by atoms with Gasteiger partial charge in [0.25, 0.3) is 0 Å². The van der Waals surface area contributed by atoms with Gasteiger partial charge in [0, 0.05) is 20.7 Å². The second-order valence-corrected chi connectivity index (χ2v) is 5.52. The van der Waals surface area contributed by atoms with E-state index in [2.05, 4.69) is 13.8 Å². The summed E-state index contributed by atoms with van der Waals surface area (Å²) in [5, 5.41) is 10.7. The van der Waals surface area contributed by atoms with Crippen LogP contribution in [0.2, 0.25) is 5.02 Å². The van der Waals surface area contributed by atoms with Crippen molar-refractivity contribution in [3.05, 3.63) is 28.8 Å². The third kappa shape index (κ3) is 2.91. The topological polar surface area (TPSA) is 20.2 Å². The molecule has 0 aliphatic carbocycles. The third-order valence-corrected chi connectivity index (χ3v) is 3.20. The van der Waals surface area contributed by atoms with Crippen LogP contribution < -0.4 is 0 Å². The fourth-order valence-electron chi connectivity index (χ4n) is 1.28. The van der Waals surface area contributed by atoms with E-state index in [-0.39, 0.29) is 0 Å². The summed E-state index contributed by atoms with van der Waals surface area (Å²) in [4.78, 5) is 1.07. The first-order chi connectivity index (χ1) is 6.52. The van der Waals surface area contributed by atoms with Crippen molar-refractivity contribution in [2.45, 2.75) is 37.0 Å². The fraction of sp³-hybridized carbons (Fsp3) is 0.455. The minimum atomic E-state index is -0.509. The average molecular weight is 231 g/mol. The standard InChI is InChI=1S/C11H15ClOS/c1-7(2)14-10-6-4-5-9(12)11(10)8(3)13/h4-8,13H,1-3H3/t8-/m0/s1. The summed E-state index contributed by atoms with van der Waals surface area (Å²) >= 11 is 7.76. The lowest BCUT2D eigenvalue weighted by atomic mass is 10.1. The lowest BCUT2D eigenvalue weighted by Gasteiger charge is -2.14. The first-order valence-corrected chi connectivity index (χ1v) is 5.91. The average Bonchev–Trinajstić information content (AvgIpc) is 2.01. The summed E-state index contributed by atoms with van der Waals surface area (Å²) in [6.45, 7) is 5.99. The van der Waals surface area contributed by atoms with Gasteiger partial charge in [-0.2, -0.15) is 0 Å². The van der Waals surface area contributed by atoms with Gasteiger partial charge in [-0.1, -0.05) is 31.5 Å². The molecule has 0 spiro atoms. The second kappa shape index (κ2) is 5.06. The molecular formula is C11H15ClOS. The first kappa shape index (κ1) is 11.9. The highest BCUT2D eigenvalue weighted by Crippen LogP contribution is 2.34. The van der Waals surface area contributed by atoms with Gasteiger partial charge in [-0.05, 0) is 19.1 Å². The van der Waals surface area contributed by atoms with Gasteiger partial charge in [-0.3, -0.25) is 0 Å². The molecule has 0 bridgehead atoms. The molecule has 14 heavy (non-hydrogen) atoms. The molecule has 0 saturated carbocycles. The van der Waals surface area contributed by atoms with E-state index in [1.165, 1.54) is 0 Å². The molecule has 0 unspecified atom stereocenters. The molecule has 78 valence electrons. The van der Waals surface area contributed by atoms with E-state index in [9.17, 15) is 5.11 Å². The zero-order chi connectivity index (χ0) is 10.7. The van der Waals surface area contributed by atoms with E-state index < -0.39 is 6.10 Å². The van der Waals surface area contributed by atoms with Crippen molar-refractivity contribution < 1.29 is 5.11 Å². The van der Waals surface area contributed by atoms with Crippen LogP contribution in [0.5, 0.6) is 0 Å². The van der Waals surface area contributed by atoms with Crippen LogP contribution in [0.3, 0.4) is 0 Å². The maximum atomic E-state index is 9.60. The van der Waals surface area contributed by atoms with Crippen LogP contribution in [-0.4, -0.2) is 10.4 Å². The van der Waals surface area contributed by atoms with Gasteiger partial charge in [0.05, 0.1) is 6.10 Å². The summed E-state index contributed by atoms with van der Waals surface area (Å²) in [5.41, 5.74) is 0.841. The number of halogens is 1. The maximum absolute atomic E-state index is 9.60. The Kier molecular flexibility index (Phi) is 4.30. The number of benzene rings is 1. The van der Waals surface area contributed by atoms with Crippen molar-refractivity contribution in [3.8, 4) is 0 Å². The maximum Gasteiger partial charge on any atom is 0.0787 e. The third-order valence-electron chi connectivity index (χ3n) is 1.79. The van der Waals surface area contributed by atoms with E-state index >= 15 is 0 Å². The number of hydrogen-bond acceptors (Lipinski definition) is 2. The van der Waals surface area contributed by atoms with Crippen LogP contribution in [0.25, 0.3) is 0 Å². The van der Waals surface area contributed by atoms with Gasteiger partial charge in [-0.25, -0.2) is 0 Å². The molecule has 0 heterocycles. The normalized spacial score (nSPS) is 13.3. The predicted octanol–water partition coefficient (Wildman–Crippen LogP) is 3.89. The molecule has 0 radical (unpaired) electrons. The smallest absolute Gasteiger partial charge is 0.0787 e. The molecule has 0 fully saturated rings. The molecule has 0 aliphatic rings. The predicted molar refractivity (Wildman–Crippen MR) is 63.1 cm³/mol. The van der Waals surface area contributed by atoms with Gasteiger partial charge < -0.3 is 5.11 Å². The Bertz CT molecular complexity index is 310. The van der Waals surface area contributed by atoms with Crippen molar-refractivity contribution in [3.63, 3.8) is 0 Å². The van der Waals surface area contributed by atoms with Crippen molar-refractivity contribution >= 4 is 23.4 Å². The van der Waals surface area contributed by atoms with Crippen LogP contribution in [0.15, 0.2) is 23.1 Å². The highest BCUT2D eigenvalue weighted by atomic mass is 35.5. The van der Waals surface area contributed by atoms with E-state index in [1.807, 2.05) is 18.2 Å². The van der Waals surface area contributed by atoms with Gasteiger partial charge in [-0.15, -0.1) is 11.8 Å². The van der Waals surface area contributed by atoms with Crippen LogP contribution >= 0.6 is 23.4 Å². The minimum Gasteiger partial charge on any atom is -0.389 e.